The fourth-order valence-corrected chi connectivity index (χ4v) is 5.82. The molecule has 0 bridgehead atoms. The van der Waals surface area contributed by atoms with E-state index in [1.54, 1.807) is 0 Å². The molecule has 1 unspecified atom stereocenters. The van der Waals surface area contributed by atoms with E-state index in [1.165, 1.54) is 56.1 Å². The van der Waals surface area contributed by atoms with Crippen LogP contribution in [-0.4, -0.2) is 29.9 Å². The molecule has 2 fully saturated rings. The number of fused-ring (bicyclic) bond motifs is 1. The molecule has 3 nitrogen and oxygen atoms in total. The zero-order valence-electron chi connectivity index (χ0n) is 19.0. The highest BCUT2D eigenvalue weighted by molar-refractivity contribution is 6.02. The number of carbonyl (C=O) groups excluding carboxylic acids is 1. The fourth-order valence-electron chi connectivity index (χ4n) is 5.82. The Labute approximate surface area is 198 Å². The van der Waals surface area contributed by atoms with Crippen molar-refractivity contribution in [3.05, 3.63) is 65.2 Å². The number of ether oxygens (including phenoxy) is 1. The van der Waals surface area contributed by atoms with Crippen molar-refractivity contribution in [2.24, 2.45) is 11.8 Å². The molecule has 1 saturated heterocycles. The number of likely N-dealkylation sites (tertiary alicyclic amines) is 1. The van der Waals surface area contributed by atoms with Crippen LogP contribution in [0.25, 0.3) is 0 Å². The Hall–Kier alpha value is -1.84. The number of Topliss-reactive ketones (excluding diaryl/α,β-unsaturated/α-hetero) is 1. The van der Waals surface area contributed by atoms with Crippen molar-refractivity contribution in [3.63, 3.8) is 0 Å². The van der Waals surface area contributed by atoms with E-state index >= 15 is 0 Å². The summed E-state index contributed by atoms with van der Waals surface area (Å²) in [6.07, 6.45) is 11.0. The van der Waals surface area contributed by atoms with Gasteiger partial charge in [-0.3, -0.25) is 9.69 Å². The lowest BCUT2D eigenvalue weighted by molar-refractivity contribution is 0.0895. The highest BCUT2D eigenvalue weighted by atomic mass is 35.5. The predicted molar refractivity (Wildman–Crippen MR) is 132 cm³/mol. The molecule has 0 amide bonds. The topological polar surface area (TPSA) is 29.5 Å². The zero-order valence-corrected chi connectivity index (χ0v) is 19.8. The lowest BCUT2D eigenvalue weighted by atomic mass is 9.85. The minimum Gasteiger partial charge on any atom is -0.490 e. The van der Waals surface area contributed by atoms with Crippen LogP contribution in [0.2, 0.25) is 0 Å². The summed E-state index contributed by atoms with van der Waals surface area (Å²) < 4.78 is 6.24. The van der Waals surface area contributed by atoms with Crippen LogP contribution in [0.4, 0.5) is 0 Å². The fraction of sp³-hybridized carbons (Fsp3) is 0.536. The summed E-state index contributed by atoms with van der Waals surface area (Å²) in [4.78, 5) is 15.6. The van der Waals surface area contributed by atoms with Gasteiger partial charge in [-0.25, -0.2) is 0 Å². The summed E-state index contributed by atoms with van der Waals surface area (Å²) in [5, 5.41) is 0. The van der Waals surface area contributed by atoms with E-state index in [1.807, 2.05) is 12.1 Å². The van der Waals surface area contributed by atoms with Gasteiger partial charge in [0.15, 0.2) is 5.78 Å². The van der Waals surface area contributed by atoms with E-state index in [2.05, 4.69) is 41.3 Å². The smallest absolute Gasteiger partial charge is 0.166 e. The first-order chi connectivity index (χ1) is 15.2. The first kappa shape index (κ1) is 23.3. The monoisotopic (exact) mass is 453 g/mol. The Morgan fingerprint density at radius 2 is 1.66 bits per heavy atom. The third-order valence-electron chi connectivity index (χ3n) is 7.61. The van der Waals surface area contributed by atoms with Gasteiger partial charge in [-0.1, -0.05) is 36.8 Å². The second kappa shape index (κ2) is 10.9. The van der Waals surface area contributed by atoms with E-state index in [0.717, 1.165) is 43.8 Å². The molecule has 0 N–H and O–H groups in total. The first-order valence-electron chi connectivity index (χ1n) is 12.3. The van der Waals surface area contributed by atoms with Gasteiger partial charge in [-0.05, 0) is 99.7 Å². The van der Waals surface area contributed by atoms with Crippen LogP contribution in [0.3, 0.4) is 0 Å². The summed E-state index contributed by atoms with van der Waals surface area (Å²) in [6, 6.07) is 17.0. The Morgan fingerprint density at radius 1 is 0.906 bits per heavy atom. The van der Waals surface area contributed by atoms with E-state index in [9.17, 15) is 4.79 Å². The number of carbonyl (C=O) groups is 1. The van der Waals surface area contributed by atoms with Crippen molar-refractivity contribution in [1.29, 1.82) is 0 Å². The second-order valence-electron chi connectivity index (χ2n) is 9.90. The van der Waals surface area contributed by atoms with Crippen LogP contribution < -0.4 is 4.74 Å². The average molecular weight is 454 g/mol. The standard InChI is InChI=1S/C28H35NO2.ClH/c30-28-24(17-21-13-15-29(16-14-21)20-22-7-3-1-4-8-22)18-23-19-26(11-12-27(23)28)31-25-9-5-2-6-10-25;/h1,3-4,7-8,11-12,19,21,24-25H,2,5-6,9-10,13-18,20H2;1H. The summed E-state index contributed by atoms with van der Waals surface area (Å²) >= 11 is 0. The van der Waals surface area contributed by atoms with E-state index < -0.39 is 0 Å². The number of piperidine rings is 1. The molecule has 0 aromatic heterocycles. The van der Waals surface area contributed by atoms with Crippen molar-refractivity contribution in [2.75, 3.05) is 13.1 Å². The molecule has 0 radical (unpaired) electrons. The third-order valence-corrected chi connectivity index (χ3v) is 7.61. The molecular formula is C28H36ClNO2. The first-order valence-corrected chi connectivity index (χ1v) is 12.3. The molecule has 1 heterocycles. The molecule has 1 atom stereocenters. The van der Waals surface area contributed by atoms with Crippen LogP contribution in [0.15, 0.2) is 48.5 Å². The van der Waals surface area contributed by atoms with Crippen molar-refractivity contribution >= 4 is 18.2 Å². The van der Waals surface area contributed by atoms with Crippen LogP contribution in [0.1, 0.15) is 72.9 Å². The van der Waals surface area contributed by atoms with Gasteiger partial charge in [0, 0.05) is 18.0 Å². The molecule has 32 heavy (non-hydrogen) atoms. The van der Waals surface area contributed by atoms with Gasteiger partial charge >= 0.3 is 0 Å². The van der Waals surface area contributed by atoms with Gasteiger partial charge in [0.2, 0.25) is 0 Å². The van der Waals surface area contributed by atoms with Gasteiger partial charge in [0.25, 0.3) is 0 Å². The Morgan fingerprint density at radius 3 is 2.41 bits per heavy atom. The summed E-state index contributed by atoms with van der Waals surface area (Å²) in [7, 11) is 0. The molecule has 2 aromatic rings. The van der Waals surface area contributed by atoms with Crippen molar-refractivity contribution in [1.82, 2.24) is 4.90 Å². The van der Waals surface area contributed by atoms with Crippen molar-refractivity contribution in [2.45, 2.75) is 70.4 Å². The highest BCUT2D eigenvalue weighted by Crippen LogP contribution is 2.36. The largest absolute Gasteiger partial charge is 0.490 e. The highest BCUT2D eigenvalue weighted by Gasteiger charge is 2.33. The quantitative estimate of drug-likeness (QED) is 0.501. The van der Waals surface area contributed by atoms with Gasteiger partial charge in [0.1, 0.15) is 5.75 Å². The second-order valence-corrected chi connectivity index (χ2v) is 9.90. The Bertz CT molecular complexity index is 886. The maximum atomic E-state index is 13.0. The van der Waals surface area contributed by atoms with Gasteiger partial charge in [0.05, 0.1) is 6.10 Å². The molecule has 2 aliphatic carbocycles. The van der Waals surface area contributed by atoms with Crippen LogP contribution in [0.5, 0.6) is 5.75 Å². The molecule has 1 aliphatic heterocycles. The van der Waals surface area contributed by atoms with Crippen molar-refractivity contribution < 1.29 is 9.53 Å². The maximum absolute atomic E-state index is 13.0. The minimum absolute atomic E-state index is 0. The third kappa shape index (κ3) is 5.55. The number of hydrogen-bond donors (Lipinski definition) is 0. The predicted octanol–water partition coefficient (Wildman–Crippen LogP) is 6.48. The average Bonchev–Trinajstić information content (AvgIpc) is 3.11. The van der Waals surface area contributed by atoms with Crippen molar-refractivity contribution in [3.8, 4) is 5.75 Å². The molecule has 5 rings (SSSR count). The summed E-state index contributed by atoms with van der Waals surface area (Å²) in [5.41, 5.74) is 3.56. The van der Waals surface area contributed by atoms with Crippen LogP contribution in [0, 0.1) is 11.8 Å². The SMILES string of the molecule is Cl.O=C1c2ccc(OC3CCCCC3)cc2CC1CC1CCN(Cc2ccccc2)CC1. The molecule has 1 saturated carbocycles. The van der Waals surface area contributed by atoms with E-state index in [0.29, 0.717) is 17.8 Å². The molecule has 2 aromatic carbocycles. The van der Waals surface area contributed by atoms with Gasteiger partial charge in [-0.15, -0.1) is 12.4 Å². The molecule has 3 aliphatic rings. The molecule has 0 spiro atoms. The number of halogens is 1. The Kier molecular flexibility index (Phi) is 7.91. The van der Waals surface area contributed by atoms with Gasteiger partial charge in [-0.2, -0.15) is 0 Å². The summed E-state index contributed by atoms with van der Waals surface area (Å²) in [6.45, 7) is 3.34. The summed E-state index contributed by atoms with van der Waals surface area (Å²) in [5.74, 6) is 2.18. The number of nitrogens with zero attached hydrogens (tertiary/aromatic N) is 1. The number of rotatable bonds is 6. The molecule has 172 valence electrons. The lowest BCUT2D eigenvalue weighted by Crippen LogP contribution is -2.34. The Balaban J connectivity index is 0.00000245. The zero-order chi connectivity index (χ0) is 21.0. The maximum Gasteiger partial charge on any atom is 0.166 e. The number of hydrogen-bond acceptors (Lipinski definition) is 3. The lowest BCUT2D eigenvalue weighted by Gasteiger charge is -2.32. The van der Waals surface area contributed by atoms with Gasteiger partial charge < -0.3 is 4.74 Å². The number of benzene rings is 2. The van der Waals surface area contributed by atoms with Crippen LogP contribution in [-0.2, 0) is 13.0 Å². The van der Waals surface area contributed by atoms with Crippen LogP contribution >= 0.6 is 12.4 Å². The number of ketones is 1. The minimum atomic E-state index is 0. The van der Waals surface area contributed by atoms with E-state index in [4.69, 9.17) is 4.74 Å². The molecule has 4 heteroatoms. The van der Waals surface area contributed by atoms with E-state index in [-0.39, 0.29) is 18.3 Å². The normalized spacial score (nSPS) is 22.4. The molecular weight excluding hydrogens is 418 g/mol.